The predicted molar refractivity (Wildman–Crippen MR) is 158 cm³/mol. The van der Waals surface area contributed by atoms with Gasteiger partial charge in [-0.25, -0.2) is 4.79 Å². The summed E-state index contributed by atoms with van der Waals surface area (Å²) in [5.74, 6) is -1.06. The number of halogens is 1. The minimum absolute atomic E-state index is 0.0781. The molecule has 0 aromatic heterocycles. The third-order valence-corrected chi connectivity index (χ3v) is 6.83. The molecule has 39 heavy (non-hydrogen) atoms. The van der Waals surface area contributed by atoms with E-state index >= 15 is 0 Å². The fraction of sp³-hybridized carbons (Fsp3) is 0.452. The van der Waals surface area contributed by atoms with Gasteiger partial charge in [0.15, 0.2) is 0 Å². The Bertz CT molecular complexity index is 1180. The van der Waals surface area contributed by atoms with Gasteiger partial charge in [0, 0.05) is 6.54 Å². The summed E-state index contributed by atoms with van der Waals surface area (Å²) >= 11 is 6.43. The topological polar surface area (TPSA) is 87.7 Å². The Morgan fingerprint density at radius 2 is 1.77 bits per heavy atom. The Morgan fingerprint density at radius 3 is 2.33 bits per heavy atom. The predicted octanol–water partition coefficient (Wildman–Crippen LogP) is 6.90. The monoisotopic (exact) mass is 555 g/mol. The average molecular weight is 556 g/mol. The molecule has 8 heteroatoms. The van der Waals surface area contributed by atoms with Crippen LogP contribution in [-0.2, 0) is 14.3 Å². The van der Waals surface area contributed by atoms with Crippen LogP contribution in [0.4, 0.5) is 10.5 Å². The number of benzene rings is 2. The molecule has 212 valence electrons. The molecule has 0 aliphatic rings. The van der Waals surface area contributed by atoms with Crippen molar-refractivity contribution in [3.8, 4) is 0 Å². The molecule has 0 radical (unpaired) electrons. The number of amides is 3. The van der Waals surface area contributed by atoms with Gasteiger partial charge < -0.3 is 20.3 Å². The molecular weight excluding hydrogens is 514 g/mol. The highest BCUT2D eigenvalue weighted by atomic mass is 35.5. The van der Waals surface area contributed by atoms with E-state index in [0.717, 1.165) is 16.7 Å². The summed E-state index contributed by atoms with van der Waals surface area (Å²) in [4.78, 5) is 42.5. The van der Waals surface area contributed by atoms with Gasteiger partial charge in [-0.15, -0.1) is 6.58 Å². The number of nitrogens with one attached hydrogen (secondary N) is 2. The molecule has 0 saturated carbocycles. The third-order valence-electron chi connectivity index (χ3n) is 6.52. The van der Waals surface area contributed by atoms with E-state index in [0.29, 0.717) is 22.7 Å². The molecule has 2 N–H and O–H groups in total. The molecule has 7 nitrogen and oxygen atoms in total. The SMILES string of the molecule is C=CCN(C(=O)C(NC(=O)OC(C)(C)C)C(C)CC)C(C(=O)Nc1c(C)cccc1Cl)c1cc(C)ccc1C. The maximum Gasteiger partial charge on any atom is 0.408 e. The summed E-state index contributed by atoms with van der Waals surface area (Å²) in [6, 6.07) is 9.21. The first-order chi connectivity index (χ1) is 18.2. The van der Waals surface area contributed by atoms with Crippen molar-refractivity contribution in [1.82, 2.24) is 10.2 Å². The van der Waals surface area contributed by atoms with Crippen molar-refractivity contribution in [2.24, 2.45) is 5.92 Å². The lowest BCUT2D eigenvalue weighted by molar-refractivity contribution is -0.141. The van der Waals surface area contributed by atoms with Gasteiger partial charge in [-0.2, -0.15) is 0 Å². The zero-order valence-electron chi connectivity index (χ0n) is 24.4. The van der Waals surface area contributed by atoms with Gasteiger partial charge in [0.25, 0.3) is 5.91 Å². The van der Waals surface area contributed by atoms with Crippen molar-refractivity contribution in [3.05, 3.63) is 76.3 Å². The minimum atomic E-state index is -1.02. The van der Waals surface area contributed by atoms with E-state index in [2.05, 4.69) is 17.2 Å². The van der Waals surface area contributed by atoms with Crippen LogP contribution in [0, 0.1) is 26.7 Å². The molecule has 3 amide bonds. The zero-order valence-corrected chi connectivity index (χ0v) is 25.1. The van der Waals surface area contributed by atoms with E-state index in [9.17, 15) is 14.4 Å². The normalized spacial score (nSPS) is 13.6. The standard InChI is InChI=1S/C31H42ClN3O4/c1-10-17-35(29(37)26(20(4)11-2)34-30(38)39-31(7,8)9)27(23-18-19(3)15-16-21(23)5)28(36)33-25-22(6)13-12-14-24(25)32/h10,12-16,18,20,26-27H,1,11,17H2,2-9H3,(H,33,36)(H,34,38). The smallest absolute Gasteiger partial charge is 0.408 e. The molecule has 3 atom stereocenters. The van der Waals surface area contributed by atoms with Crippen LogP contribution >= 0.6 is 11.6 Å². The number of rotatable bonds is 10. The molecule has 3 unspecified atom stereocenters. The van der Waals surface area contributed by atoms with Gasteiger partial charge >= 0.3 is 6.09 Å². The van der Waals surface area contributed by atoms with E-state index < -0.39 is 35.6 Å². The number of carbonyl (C=O) groups is 3. The Labute approximate surface area is 237 Å². The molecule has 0 aliphatic carbocycles. The van der Waals surface area contributed by atoms with Crippen molar-refractivity contribution in [2.75, 3.05) is 11.9 Å². The highest BCUT2D eigenvalue weighted by molar-refractivity contribution is 6.34. The highest BCUT2D eigenvalue weighted by Crippen LogP contribution is 2.31. The molecular formula is C31H42ClN3O4. The second-order valence-electron chi connectivity index (χ2n) is 11.0. The molecule has 0 aliphatic heterocycles. The van der Waals surface area contributed by atoms with Gasteiger partial charge in [-0.1, -0.05) is 73.8 Å². The van der Waals surface area contributed by atoms with Crippen molar-refractivity contribution >= 4 is 35.2 Å². The van der Waals surface area contributed by atoms with Gasteiger partial charge in [-0.3, -0.25) is 9.59 Å². The van der Waals surface area contributed by atoms with Crippen LogP contribution in [0.2, 0.25) is 5.02 Å². The Hall–Kier alpha value is -3.32. The number of para-hydroxylation sites is 1. The Morgan fingerprint density at radius 1 is 1.10 bits per heavy atom. The minimum Gasteiger partial charge on any atom is -0.444 e. The lowest BCUT2D eigenvalue weighted by atomic mass is 9.93. The van der Waals surface area contributed by atoms with E-state index in [1.165, 1.54) is 4.90 Å². The summed E-state index contributed by atoms with van der Waals surface area (Å²) in [6.07, 6.45) is 1.50. The van der Waals surface area contributed by atoms with Crippen molar-refractivity contribution < 1.29 is 19.1 Å². The number of hydrogen-bond acceptors (Lipinski definition) is 4. The number of aryl methyl sites for hydroxylation is 3. The maximum absolute atomic E-state index is 14.2. The van der Waals surface area contributed by atoms with Crippen LogP contribution in [0.15, 0.2) is 49.1 Å². The molecule has 2 aromatic carbocycles. The molecule has 0 bridgehead atoms. The van der Waals surface area contributed by atoms with Gasteiger partial charge in [0.05, 0.1) is 10.7 Å². The van der Waals surface area contributed by atoms with Crippen LogP contribution in [0.1, 0.15) is 69.3 Å². The maximum atomic E-state index is 14.2. The Balaban J connectivity index is 2.63. The number of hydrogen-bond donors (Lipinski definition) is 2. The summed E-state index contributed by atoms with van der Waals surface area (Å²) in [7, 11) is 0. The van der Waals surface area contributed by atoms with Gasteiger partial charge in [0.2, 0.25) is 5.91 Å². The molecule has 2 aromatic rings. The molecule has 0 saturated heterocycles. The highest BCUT2D eigenvalue weighted by Gasteiger charge is 2.38. The second kappa shape index (κ2) is 13.7. The quantitative estimate of drug-likeness (QED) is 0.312. The number of ether oxygens (including phenoxy) is 1. The zero-order chi connectivity index (χ0) is 29.5. The summed E-state index contributed by atoms with van der Waals surface area (Å²) in [5, 5.41) is 6.12. The lowest BCUT2D eigenvalue weighted by Gasteiger charge is -2.36. The van der Waals surface area contributed by atoms with E-state index in [-0.39, 0.29) is 12.5 Å². The van der Waals surface area contributed by atoms with Crippen molar-refractivity contribution in [1.29, 1.82) is 0 Å². The van der Waals surface area contributed by atoms with Crippen LogP contribution in [-0.4, -0.2) is 41.0 Å². The van der Waals surface area contributed by atoms with Crippen LogP contribution in [0.5, 0.6) is 0 Å². The van der Waals surface area contributed by atoms with Crippen LogP contribution < -0.4 is 10.6 Å². The Kier molecular flexibility index (Phi) is 11.2. The first-order valence-corrected chi connectivity index (χ1v) is 13.6. The van der Waals surface area contributed by atoms with Crippen LogP contribution in [0.25, 0.3) is 0 Å². The van der Waals surface area contributed by atoms with E-state index in [1.807, 2.05) is 65.0 Å². The number of nitrogens with zero attached hydrogens (tertiary/aromatic N) is 1. The summed E-state index contributed by atoms with van der Waals surface area (Å²) in [6.45, 7) is 18.7. The largest absolute Gasteiger partial charge is 0.444 e. The fourth-order valence-corrected chi connectivity index (χ4v) is 4.51. The first-order valence-electron chi connectivity index (χ1n) is 13.2. The molecule has 2 rings (SSSR count). The average Bonchev–Trinajstić information content (AvgIpc) is 2.84. The summed E-state index contributed by atoms with van der Waals surface area (Å²) in [5.41, 5.74) is 3.00. The van der Waals surface area contributed by atoms with E-state index in [1.54, 1.807) is 32.9 Å². The third kappa shape index (κ3) is 8.59. The lowest BCUT2D eigenvalue weighted by Crippen LogP contribution is -2.54. The van der Waals surface area contributed by atoms with Crippen LogP contribution in [0.3, 0.4) is 0 Å². The molecule has 0 fully saturated rings. The molecule has 0 spiro atoms. The number of anilines is 1. The summed E-state index contributed by atoms with van der Waals surface area (Å²) < 4.78 is 5.45. The van der Waals surface area contributed by atoms with E-state index in [4.69, 9.17) is 16.3 Å². The molecule has 0 heterocycles. The van der Waals surface area contributed by atoms with Crippen molar-refractivity contribution in [3.63, 3.8) is 0 Å². The number of alkyl carbamates (subject to hydrolysis) is 1. The fourth-order valence-electron chi connectivity index (χ4n) is 4.24. The first kappa shape index (κ1) is 31.9. The second-order valence-corrected chi connectivity index (χ2v) is 11.4. The van der Waals surface area contributed by atoms with Crippen molar-refractivity contribution in [2.45, 2.75) is 79.5 Å². The van der Waals surface area contributed by atoms with Gasteiger partial charge in [-0.05, 0) is 70.2 Å². The number of carbonyl (C=O) groups excluding carboxylic acids is 3. The van der Waals surface area contributed by atoms with Gasteiger partial charge in [0.1, 0.15) is 17.7 Å².